The van der Waals surface area contributed by atoms with Crippen molar-refractivity contribution in [3.05, 3.63) is 45.9 Å². The highest BCUT2D eigenvalue weighted by atomic mass is 127. The van der Waals surface area contributed by atoms with Crippen LogP contribution in [0.3, 0.4) is 0 Å². The van der Waals surface area contributed by atoms with Gasteiger partial charge in [0.2, 0.25) is 0 Å². The molecular formula is C20H30IN5S2. The third-order valence-electron chi connectivity index (χ3n) is 4.58. The van der Waals surface area contributed by atoms with Crippen LogP contribution < -0.4 is 15.5 Å². The Morgan fingerprint density at radius 2 is 1.93 bits per heavy atom. The van der Waals surface area contributed by atoms with E-state index in [0.717, 1.165) is 45.0 Å². The van der Waals surface area contributed by atoms with E-state index in [0.29, 0.717) is 0 Å². The Morgan fingerprint density at radius 3 is 2.57 bits per heavy atom. The minimum atomic E-state index is 0. The summed E-state index contributed by atoms with van der Waals surface area (Å²) in [7, 11) is 1.81. The molecule has 8 heteroatoms. The molecule has 1 fully saturated rings. The summed E-state index contributed by atoms with van der Waals surface area (Å²) in [6.45, 7) is 6.07. The number of guanidine groups is 1. The largest absolute Gasteiger partial charge is 0.370 e. The first kappa shape index (κ1) is 23.3. The number of rotatable bonds is 7. The van der Waals surface area contributed by atoms with Crippen molar-refractivity contribution in [2.45, 2.75) is 26.3 Å². The highest BCUT2D eigenvalue weighted by Crippen LogP contribution is 2.19. The molecule has 154 valence electrons. The van der Waals surface area contributed by atoms with Gasteiger partial charge in [-0.3, -0.25) is 4.99 Å². The predicted octanol–water partition coefficient (Wildman–Crippen LogP) is 3.78. The molecule has 0 unspecified atom stereocenters. The smallest absolute Gasteiger partial charge is 0.191 e. The first-order valence-corrected chi connectivity index (χ1v) is 11.6. The molecule has 0 atom stereocenters. The molecule has 0 radical (unpaired) electrons. The number of hydrogen-bond donors (Lipinski definition) is 2. The van der Waals surface area contributed by atoms with Crippen molar-refractivity contribution in [1.29, 1.82) is 0 Å². The number of aromatic nitrogens is 1. The maximum atomic E-state index is 4.46. The van der Waals surface area contributed by atoms with E-state index >= 15 is 0 Å². The van der Waals surface area contributed by atoms with Crippen molar-refractivity contribution in [3.8, 4) is 0 Å². The molecule has 2 heterocycles. The summed E-state index contributed by atoms with van der Waals surface area (Å²) in [5, 5.41) is 7.95. The third kappa shape index (κ3) is 7.11. The molecule has 0 bridgehead atoms. The SMILES string of the molecule is CCc1cnc(CCNC(=NC)NCc2ccc(N3CCSCC3)cc2)s1.I. The molecule has 2 aromatic rings. The van der Waals surface area contributed by atoms with Crippen molar-refractivity contribution in [2.24, 2.45) is 4.99 Å². The van der Waals surface area contributed by atoms with Crippen LogP contribution in [0.25, 0.3) is 0 Å². The molecule has 0 aliphatic carbocycles. The van der Waals surface area contributed by atoms with Crippen molar-refractivity contribution < 1.29 is 0 Å². The van der Waals surface area contributed by atoms with Crippen LogP contribution in [-0.4, -0.2) is 49.1 Å². The number of nitrogens with one attached hydrogen (secondary N) is 2. The van der Waals surface area contributed by atoms with Gasteiger partial charge in [-0.1, -0.05) is 19.1 Å². The van der Waals surface area contributed by atoms with Crippen molar-refractivity contribution in [3.63, 3.8) is 0 Å². The van der Waals surface area contributed by atoms with E-state index in [-0.39, 0.29) is 24.0 Å². The number of benzene rings is 1. The van der Waals surface area contributed by atoms with Crippen LogP contribution in [0.15, 0.2) is 35.5 Å². The summed E-state index contributed by atoms with van der Waals surface area (Å²) in [6.07, 6.45) is 3.97. The fourth-order valence-corrected chi connectivity index (χ4v) is 4.73. The lowest BCUT2D eigenvalue weighted by molar-refractivity contribution is 0.791. The van der Waals surface area contributed by atoms with E-state index in [1.54, 1.807) is 11.3 Å². The van der Waals surface area contributed by atoms with Crippen molar-refractivity contribution in [2.75, 3.05) is 43.1 Å². The van der Waals surface area contributed by atoms with Gasteiger partial charge < -0.3 is 15.5 Å². The number of aliphatic imine (C=N–C) groups is 1. The zero-order chi connectivity index (χ0) is 18.9. The molecule has 1 aliphatic rings. The first-order chi connectivity index (χ1) is 13.3. The minimum Gasteiger partial charge on any atom is -0.370 e. The highest BCUT2D eigenvalue weighted by Gasteiger charge is 2.10. The zero-order valence-electron chi connectivity index (χ0n) is 16.6. The van der Waals surface area contributed by atoms with E-state index in [2.05, 4.69) is 56.7 Å². The molecule has 0 spiro atoms. The van der Waals surface area contributed by atoms with Crippen molar-refractivity contribution in [1.82, 2.24) is 15.6 Å². The summed E-state index contributed by atoms with van der Waals surface area (Å²) < 4.78 is 0. The van der Waals surface area contributed by atoms with Crippen LogP contribution >= 0.6 is 47.1 Å². The standard InChI is InChI=1S/C20H29N5S2.HI/c1-3-18-15-23-19(27-18)8-9-22-20(21-2)24-14-16-4-6-17(7-5-16)25-10-12-26-13-11-25;/h4-7,15H,3,8-14H2,1-2H3,(H2,21,22,24);1H. The normalized spacial score (nSPS) is 14.5. The number of anilines is 1. The number of thioether (sulfide) groups is 1. The molecule has 1 aliphatic heterocycles. The second-order valence-electron chi connectivity index (χ2n) is 6.44. The van der Waals surface area contributed by atoms with Gasteiger partial charge in [0, 0.05) is 67.9 Å². The van der Waals surface area contributed by atoms with E-state index in [9.17, 15) is 0 Å². The number of nitrogens with zero attached hydrogens (tertiary/aromatic N) is 3. The molecule has 0 amide bonds. The van der Waals surface area contributed by atoms with Gasteiger partial charge in [-0.15, -0.1) is 35.3 Å². The molecule has 2 N–H and O–H groups in total. The molecule has 28 heavy (non-hydrogen) atoms. The fourth-order valence-electron chi connectivity index (χ4n) is 2.97. The van der Waals surface area contributed by atoms with Gasteiger partial charge in [0.15, 0.2) is 5.96 Å². The summed E-state index contributed by atoms with van der Waals surface area (Å²) in [4.78, 5) is 12.6. The van der Waals surface area contributed by atoms with Gasteiger partial charge in [0.25, 0.3) is 0 Å². The van der Waals surface area contributed by atoms with E-state index in [1.807, 2.05) is 25.0 Å². The summed E-state index contributed by atoms with van der Waals surface area (Å²) in [5.74, 6) is 3.29. The molecule has 1 aromatic heterocycles. The molecular weight excluding hydrogens is 501 g/mol. The Balaban J connectivity index is 0.00000280. The zero-order valence-corrected chi connectivity index (χ0v) is 20.6. The van der Waals surface area contributed by atoms with Crippen LogP contribution in [-0.2, 0) is 19.4 Å². The quantitative estimate of drug-likeness (QED) is 0.324. The Morgan fingerprint density at radius 1 is 1.18 bits per heavy atom. The fraction of sp³-hybridized carbons (Fsp3) is 0.500. The van der Waals surface area contributed by atoms with Crippen LogP contribution in [0.5, 0.6) is 0 Å². The van der Waals surface area contributed by atoms with Crippen LogP contribution in [0.1, 0.15) is 22.4 Å². The van der Waals surface area contributed by atoms with Gasteiger partial charge >= 0.3 is 0 Å². The van der Waals surface area contributed by atoms with Crippen molar-refractivity contribution >= 4 is 58.7 Å². The summed E-state index contributed by atoms with van der Waals surface area (Å²) >= 11 is 3.84. The maximum Gasteiger partial charge on any atom is 0.191 e. The topological polar surface area (TPSA) is 52.6 Å². The number of aryl methyl sites for hydroxylation is 1. The van der Waals surface area contributed by atoms with Gasteiger partial charge in [0.05, 0.1) is 5.01 Å². The van der Waals surface area contributed by atoms with Crippen LogP contribution in [0.2, 0.25) is 0 Å². The van der Waals surface area contributed by atoms with Crippen LogP contribution in [0.4, 0.5) is 5.69 Å². The second-order valence-corrected chi connectivity index (χ2v) is 8.87. The molecule has 1 aromatic carbocycles. The van der Waals surface area contributed by atoms with Gasteiger partial charge in [-0.05, 0) is 24.1 Å². The summed E-state index contributed by atoms with van der Waals surface area (Å²) in [5.41, 5.74) is 2.59. The van der Waals surface area contributed by atoms with Gasteiger partial charge in [0.1, 0.15) is 0 Å². The molecule has 1 saturated heterocycles. The molecule has 3 rings (SSSR count). The Labute approximate surface area is 193 Å². The number of halogens is 1. The van der Waals surface area contributed by atoms with Gasteiger partial charge in [-0.25, -0.2) is 4.98 Å². The van der Waals surface area contributed by atoms with Crippen LogP contribution in [0, 0.1) is 0 Å². The average molecular weight is 532 g/mol. The third-order valence-corrected chi connectivity index (χ3v) is 6.72. The van der Waals surface area contributed by atoms with Gasteiger partial charge in [-0.2, -0.15) is 11.8 Å². The predicted molar refractivity (Wildman–Crippen MR) is 135 cm³/mol. The summed E-state index contributed by atoms with van der Waals surface area (Å²) in [6, 6.07) is 8.88. The Bertz CT molecular complexity index is 726. The average Bonchev–Trinajstić information content (AvgIpc) is 3.19. The number of hydrogen-bond acceptors (Lipinski definition) is 5. The Hall–Kier alpha value is -1.000. The van der Waals surface area contributed by atoms with E-state index in [1.165, 1.54) is 32.6 Å². The lowest BCUT2D eigenvalue weighted by Gasteiger charge is -2.28. The van der Waals surface area contributed by atoms with E-state index < -0.39 is 0 Å². The Kier molecular flexibility index (Phi) is 10.4. The number of thiazole rings is 1. The minimum absolute atomic E-state index is 0. The second kappa shape index (κ2) is 12.5. The first-order valence-electron chi connectivity index (χ1n) is 9.58. The highest BCUT2D eigenvalue weighted by molar-refractivity contribution is 14.0. The molecule has 5 nitrogen and oxygen atoms in total. The lowest BCUT2D eigenvalue weighted by Crippen LogP contribution is -2.37. The van der Waals surface area contributed by atoms with E-state index in [4.69, 9.17) is 0 Å². The molecule has 0 saturated carbocycles. The monoisotopic (exact) mass is 531 g/mol. The maximum absolute atomic E-state index is 4.46. The lowest BCUT2D eigenvalue weighted by atomic mass is 10.2.